The highest BCUT2D eigenvalue weighted by atomic mass is 16.6. The second-order valence-electron chi connectivity index (χ2n) is 12.1. The van der Waals surface area contributed by atoms with Crippen LogP contribution in [0.1, 0.15) is 75.0 Å². The largest absolute Gasteiger partial charge is 0.458 e. The van der Waals surface area contributed by atoms with E-state index >= 15 is 0 Å². The number of fused-ring (bicyclic) bond motifs is 5. The zero-order valence-corrected chi connectivity index (χ0v) is 23.4. The van der Waals surface area contributed by atoms with Gasteiger partial charge >= 0.3 is 5.97 Å². The number of aromatic nitrogens is 2. The lowest BCUT2D eigenvalue weighted by Gasteiger charge is -2.38. The lowest BCUT2D eigenvalue weighted by atomic mass is 9.84. The summed E-state index contributed by atoms with van der Waals surface area (Å²) in [5.74, 6) is -0.610. The van der Waals surface area contributed by atoms with Gasteiger partial charge < -0.3 is 24.6 Å². The van der Waals surface area contributed by atoms with Gasteiger partial charge in [0.1, 0.15) is 6.61 Å². The van der Waals surface area contributed by atoms with E-state index in [-0.39, 0.29) is 30.4 Å². The maximum absolute atomic E-state index is 13.4. The number of ether oxygens (including phenoxy) is 1. The highest BCUT2D eigenvalue weighted by Crippen LogP contribution is 2.39. The summed E-state index contributed by atoms with van der Waals surface area (Å²) in [5, 5.41) is 15.1. The molecule has 4 aliphatic rings. The van der Waals surface area contributed by atoms with E-state index in [1.165, 1.54) is 32.4 Å². The molecule has 1 aromatic carbocycles. The van der Waals surface area contributed by atoms with Gasteiger partial charge in [-0.2, -0.15) is 0 Å². The van der Waals surface area contributed by atoms with Crippen LogP contribution in [0.5, 0.6) is 0 Å². The van der Waals surface area contributed by atoms with Crippen molar-refractivity contribution < 1.29 is 19.4 Å². The monoisotopic (exact) mass is 556 g/mol. The summed E-state index contributed by atoms with van der Waals surface area (Å²) in [4.78, 5) is 46.4. The molecule has 0 radical (unpaired) electrons. The third-order valence-electron chi connectivity index (χ3n) is 9.75. The fourth-order valence-electron chi connectivity index (χ4n) is 7.29. The Kier molecular flexibility index (Phi) is 6.47. The smallest absolute Gasteiger partial charge is 0.343 e. The van der Waals surface area contributed by atoms with Crippen LogP contribution in [0.15, 0.2) is 35.1 Å². The molecule has 1 atom stereocenters. The molecule has 3 aromatic rings. The maximum Gasteiger partial charge on any atom is 0.343 e. The van der Waals surface area contributed by atoms with Gasteiger partial charge in [0.15, 0.2) is 5.60 Å². The van der Waals surface area contributed by atoms with Crippen LogP contribution in [0.3, 0.4) is 0 Å². The zero-order valence-electron chi connectivity index (χ0n) is 23.4. The van der Waals surface area contributed by atoms with Crippen LogP contribution in [0, 0.1) is 5.92 Å². The fourth-order valence-corrected chi connectivity index (χ4v) is 7.29. The van der Waals surface area contributed by atoms with Gasteiger partial charge in [0.25, 0.3) is 5.56 Å². The number of piperidine rings is 1. The minimum absolute atomic E-state index is 0.0370. The van der Waals surface area contributed by atoms with E-state index in [1.54, 1.807) is 17.6 Å². The lowest BCUT2D eigenvalue weighted by molar-refractivity contribution is -0.172. The summed E-state index contributed by atoms with van der Waals surface area (Å²) in [7, 11) is 0. The molecule has 0 spiro atoms. The van der Waals surface area contributed by atoms with Crippen LogP contribution in [0.25, 0.3) is 22.3 Å². The molecule has 9 heteroatoms. The van der Waals surface area contributed by atoms with E-state index < -0.39 is 11.6 Å². The Morgan fingerprint density at radius 2 is 1.88 bits per heavy atom. The molecule has 0 bridgehead atoms. The van der Waals surface area contributed by atoms with Crippen molar-refractivity contribution in [2.45, 2.75) is 83.1 Å². The summed E-state index contributed by atoms with van der Waals surface area (Å²) >= 11 is 0. The fraction of sp³-hybridized carbons (Fsp3) is 0.500. The SMILES string of the molecule is CC[C@@]1(O)C(=O)OCc2c1cc1n(c2=O)Cc2cc3cc(NC(=O)C4CCC(N5CCCCC5)CC4)ccc3nc2-1. The first kappa shape index (κ1) is 26.3. The number of aliphatic hydroxyl groups is 1. The number of rotatable bonds is 4. The number of benzene rings is 1. The molecule has 1 aliphatic carbocycles. The van der Waals surface area contributed by atoms with E-state index in [0.717, 1.165) is 47.8 Å². The van der Waals surface area contributed by atoms with Crippen molar-refractivity contribution in [3.05, 3.63) is 57.4 Å². The minimum atomic E-state index is -1.85. The Labute approximate surface area is 238 Å². The maximum atomic E-state index is 13.4. The van der Waals surface area contributed by atoms with Gasteiger partial charge in [-0.05, 0) is 88.4 Å². The quantitative estimate of drug-likeness (QED) is 0.365. The standard InChI is InChI=1S/C32H36N4O5/c1-2-32(40)25-16-27-28-21(17-36(27)30(38)24(25)18-41-31(32)39)14-20-15-22(8-11-26(20)34-28)33-29(37)19-6-9-23(10-7-19)35-12-4-3-5-13-35/h8,11,14-16,19,23,40H,2-7,9-10,12-13,17-18H2,1H3,(H,33,37)/t19?,23?,32-/m0/s1. The van der Waals surface area contributed by atoms with Crippen LogP contribution < -0.4 is 10.9 Å². The molecule has 1 amide bonds. The van der Waals surface area contributed by atoms with Gasteiger partial charge in [-0.1, -0.05) is 13.3 Å². The van der Waals surface area contributed by atoms with Crippen molar-refractivity contribution >= 4 is 28.5 Å². The van der Waals surface area contributed by atoms with Crippen LogP contribution in [0.2, 0.25) is 0 Å². The van der Waals surface area contributed by atoms with Crippen LogP contribution in [0.4, 0.5) is 5.69 Å². The number of nitrogens with one attached hydrogen (secondary N) is 1. The summed E-state index contributed by atoms with van der Waals surface area (Å²) < 4.78 is 6.79. The van der Waals surface area contributed by atoms with Crippen molar-refractivity contribution in [1.82, 2.24) is 14.5 Å². The average molecular weight is 557 g/mol. The third-order valence-corrected chi connectivity index (χ3v) is 9.75. The predicted octanol–water partition coefficient (Wildman–Crippen LogP) is 4.06. The first-order valence-electron chi connectivity index (χ1n) is 15.0. The number of hydrogen-bond donors (Lipinski definition) is 2. The van der Waals surface area contributed by atoms with Gasteiger partial charge in [0.2, 0.25) is 5.91 Å². The van der Waals surface area contributed by atoms with Crippen molar-refractivity contribution in [1.29, 1.82) is 0 Å². The molecule has 5 heterocycles. The number of carbonyl (C=O) groups excluding carboxylic acids is 2. The number of esters is 1. The molecule has 1 saturated heterocycles. The molecular weight excluding hydrogens is 520 g/mol. The van der Waals surface area contributed by atoms with Gasteiger partial charge in [-0.3, -0.25) is 9.59 Å². The van der Waals surface area contributed by atoms with Crippen molar-refractivity contribution in [3.63, 3.8) is 0 Å². The van der Waals surface area contributed by atoms with E-state index in [0.29, 0.717) is 35.1 Å². The number of hydrogen-bond acceptors (Lipinski definition) is 7. The van der Waals surface area contributed by atoms with Crippen LogP contribution >= 0.6 is 0 Å². The summed E-state index contributed by atoms with van der Waals surface area (Å²) in [5.41, 5.74) is 2.12. The van der Waals surface area contributed by atoms with E-state index in [4.69, 9.17) is 9.72 Å². The summed E-state index contributed by atoms with van der Waals surface area (Å²) in [6, 6.07) is 10.1. The normalized spacial score (nSPS) is 25.8. The Morgan fingerprint density at radius 1 is 1.10 bits per heavy atom. The second kappa shape index (κ2) is 10.1. The molecule has 7 rings (SSSR count). The Balaban J connectivity index is 1.11. The molecule has 41 heavy (non-hydrogen) atoms. The van der Waals surface area contributed by atoms with Gasteiger partial charge in [-0.15, -0.1) is 0 Å². The highest BCUT2D eigenvalue weighted by molar-refractivity contribution is 5.95. The highest BCUT2D eigenvalue weighted by Gasteiger charge is 2.45. The molecule has 9 nitrogen and oxygen atoms in total. The number of nitrogens with zero attached hydrogens (tertiary/aromatic N) is 3. The number of carbonyl (C=O) groups is 2. The van der Waals surface area contributed by atoms with E-state index in [9.17, 15) is 19.5 Å². The Morgan fingerprint density at radius 3 is 2.63 bits per heavy atom. The summed E-state index contributed by atoms with van der Waals surface area (Å²) in [6.07, 6.45) is 8.07. The minimum Gasteiger partial charge on any atom is -0.458 e. The molecule has 2 fully saturated rings. The molecule has 0 unspecified atom stereocenters. The third kappa shape index (κ3) is 4.37. The van der Waals surface area contributed by atoms with Crippen molar-refractivity contribution in [2.75, 3.05) is 18.4 Å². The van der Waals surface area contributed by atoms with Gasteiger partial charge in [-0.25, -0.2) is 9.78 Å². The van der Waals surface area contributed by atoms with Gasteiger partial charge in [0.05, 0.1) is 29.0 Å². The molecule has 3 aliphatic heterocycles. The van der Waals surface area contributed by atoms with Gasteiger partial charge in [0, 0.05) is 34.2 Å². The topological polar surface area (TPSA) is 114 Å². The lowest BCUT2D eigenvalue weighted by Crippen LogP contribution is -2.44. The molecule has 214 valence electrons. The number of pyridine rings is 2. The predicted molar refractivity (Wildman–Crippen MR) is 154 cm³/mol. The van der Waals surface area contributed by atoms with Crippen LogP contribution in [-0.2, 0) is 33.1 Å². The molecule has 2 N–H and O–H groups in total. The molecule has 2 aromatic heterocycles. The average Bonchev–Trinajstić information content (AvgIpc) is 3.36. The van der Waals surface area contributed by atoms with Crippen molar-refractivity contribution in [3.8, 4) is 11.4 Å². The first-order chi connectivity index (χ1) is 19.9. The second-order valence-corrected chi connectivity index (χ2v) is 12.1. The number of likely N-dealkylation sites (tertiary alicyclic amines) is 1. The first-order valence-corrected chi connectivity index (χ1v) is 15.0. The zero-order chi connectivity index (χ0) is 28.3. The molecule has 1 saturated carbocycles. The van der Waals surface area contributed by atoms with E-state index in [2.05, 4.69) is 10.2 Å². The molecular formula is C32H36N4O5. The Hall–Kier alpha value is -3.56. The Bertz CT molecular complexity index is 1620. The number of cyclic esters (lactones) is 1. The number of amides is 1. The van der Waals surface area contributed by atoms with Crippen molar-refractivity contribution in [2.24, 2.45) is 5.92 Å². The van der Waals surface area contributed by atoms with E-state index in [1.807, 2.05) is 24.3 Å². The van der Waals surface area contributed by atoms with Crippen LogP contribution in [-0.4, -0.2) is 50.6 Å². The number of anilines is 1. The summed E-state index contributed by atoms with van der Waals surface area (Å²) in [6.45, 7) is 4.29.